The standard InChI is InChI=1S/C19H27N4/c1-6-23(7-2)19-10-8-18(9-11-19)22(5)20-16(3)17-12-14-21(4)15-13-17/h8-15H,6-7H2,1-5H3/q+1. The number of aromatic nitrogens is 1. The summed E-state index contributed by atoms with van der Waals surface area (Å²) >= 11 is 0. The Morgan fingerprint density at radius 2 is 1.48 bits per heavy atom. The average molecular weight is 311 g/mol. The number of rotatable bonds is 6. The lowest BCUT2D eigenvalue weighted by atomic mass is 10.2. The van der Waals surface area contributed by atoms with Crippen molar-refractivity contribution in [3.8, 4) is 0 Å². The van der Waals surface area contributed by atoms with Gasteiger partial charge in [-0.1, -0.05) is 0 Å². The molecule has 2 aromatic rings. The molecule has 1 aromatic heterocycles. The summed E-state index contributed by atoms with van der Waals surface area (Å²) in [6.07, 6.45) is 4.07. The fraction of sp³-hybridized carbons (Fsp3) is 0.368. The van der Waals surface area contributed by atoms with Gasteiger partial charge in [-0.2, -0.15) is 5.10 Å². The van der Waals surface area contributed by atoms with Crippen molar-refractivity contribution in [1.82, 2.24) is 0 Å². The molecule has 0 saturated carbocycles. The highest BCUT2D eigenvalue weighted by Crippen LogP contribution is 2.20. The fourth-order valence-corrected chi connectivity index (χ4v) is 2.55. The fourth-order valence-electron chi connectivity index (χ4n) is 2.55. The molecule has 0 aliphatic carbocycles. The summed E-state index contributed by atoms with van der Waals surface area (Å²) in [5.41, 5.74) is 4.47. The molecule has 0 saturated heterocycles. The van der Waals surface area contributed by atoms with Crippen LogP contribution in [0.15, 0.2) is 53.9 Å². The molecule has 2 rings (SSSR count). The zero-order chi connectivity index (χ0) is 16.8. The van der Waals surface area contributed by atoms with Gasteiger partial charge < -0.3 is 4.90 Å². The van der Waals surface area contributed by atoms with Gasteiger partial charge in [0.1, 0.15) is 7.05 Å². The molecular weight excluding hydrogens is 284 g/mol. The lowest BCUT2D eigenvalue weighted by molar-refractivity contribution is -0.671. The van der Waals surface area contributed by atoms with Gasteiger partial charge in [0.25, 0.3) is 0 Å². The number of hydrogen-bond acceptors (Lipinski definition) is 3. The predicted octanol–water partition coefficient (Wildman–Crippen LogP) is 3.22. The molecule has 4 nitrogen and oxygen atoms in total. The third-order valence-electron chi connectivity index (χ3n) is 4.05. The molecule has 0 N–H and O–H groups in total. The SMILES string of the molecule is CCN(CC)c1ccc(N(C)N=C(C)c2cc[n+](C)cc2)cc1. The van der Waals surface area contributed by atoms with Crippen LogP contribution in [0.3, 0.4) is 0 Å². The first-order valence-electron chi connectivity index (χ1n) is 8.14. The van der Waals surface area contributed by atoms with Crippen molar-refractivity contribution in [2.24, 2.45) is 12.1 Å². The normalized spacial score (nSPS) is 11.4. The molecule has 1 aromatic carbocycles. The van der Waals surface area contributed by atoms with Crippen LogP contribution in [0, 0.1) is 0 Å². The van der Waals surface area contributed by atoms with E-state index in [1.807, 2.05) is 43.0 Å². The summed E-state index contributed by atoms with van der Waals surface area (Å²) in [6, 6.07) is 12.7. The van der Waals surface area contributed by atoms with Gasteiger partial charge >= 0.3 is 0 Å². The third kappa shape index (κ3) is 4.31. The number of nitrogens with zero attached hydrogens (tertiary/aromatic N) is 4. The third-order valence-corrected chi connectivity index (χ3v) is 4.05. The number of benzene rings is 1. The van der Waals surface area contributed by atoms with Crippen LogP contribution >= 0.6 is 0 Å². The largest absolute Gasteiger partial charge is 0.372 e. The quantitative estimate of drug-likeness (QED) is 0.464. The molecule has 0 spiro atoms. The summed E-state index contributed by atoms with van der Waals surface area (Å²) in [5, 5.41) is 6.61. The van der Waals surface area contributed by atoms with Crippen LogP contribution < -0.4 is 14.5 Å². The molecule has 0 unspecified atom stereocenters. The molecule has 0 amide bonds. The summed E-state index contributed by atoms with van der Waals surface area (Å²) in [5.74, 6) is 0. The van der Waals surface area contributed by atoms with Gasteiger partial charge in [0.2, 0.25) is 0 Å². The van der Waals surface area contributed by atoms with Crippen molar-refractivity contribution in [2.75, 3.05) is 30.0 Å². The second kappa shape index (κ2) is 7.77. The molecule has 0 radical (unpaired) electrons. The van der Waals surface area contributed by atoms with E-state index in [0.29, 0.717) is 0 Å². The summed E-state index contributed by atoms with van der Waals surface area (Å²) in [4.78, 5) is 2.34. The molecule has 4 heteroatoms. The lowest BCUT2D eigenvalue weighted by Crippen LogP contribution is -2.26. The number of aryl methyl sites for hydroxylation is 1. The van der Waals surface area contributed by atoms with Crippen molar-refractivity contribution in [3.63, 3.8) is 0 Å². The second-order valence-corrected chi connectivity index (χ2v) is 5.65. The molecule has 0 aliphatic rings. The van der Waals surface area contributed by atoms with Crippen LogP contribution in [-0.4, -0.2) is 25.8 Å². The highest BCUT2D eigenvalue weighted by molar-refractivity contribution is 5.98. The second-order valence-electron chi connectivity index (χ2n) is 5.65. The van der Waals surface area contributed by atoms with Gasteiger partial charge in [-0.25, -0.2) is 4.57 Å². The zero-order valence-corrected chi connectivity index (χ0v) is 14.8. The average Bonchev–Trinajstić information content (AvgIpc) is 2.57. The highest BCUT2D eigenvalue weighted by atomic mass is 15.4. The van der Waals surface area contributed by atoms with E-state index in [1.54, 1.807) is 0 Å². The summed E-state index contributed by atoms with van der Waals surface area (Å²) in [7, 11) is 4.00. The minimum absolute atomic E-state index is 1.00. The Hall–Kier alpha value is -2.36. The van der Waals surface area contributed by atoms with Crippen LogP contribution in [-0.2, 0) is 7.05 Å². The minimum atomic E-state index is 1.00. The molecule has 0 bridgehead atoms. The summed E-state index contributed by atoms with van der Waals surface area (Å²) < 4.78 is 2.02. The van der Waals surface area contributed by atoms with E-state index in [0.717, 1.165) is 30.1 Å². The van der Waals surface area contributed by atoms with Crippen molar-refractivity contribution < 1.29 is 4.57 Å². The van der Waals surface area contributed by atoms with Crippen molar-refractivity contribution in [2.45, 2.75) is 20.8 Å². The molecule has 0 fully saturated rings. The zero-order valence-electron chi connectivity index (χ0n) is 14.8. The number of anilines is 2. The van der Waals surface area contributed by atoms with E-state index in [2.05, 4.69) is 60.2 Å². The van der Waals surface area contributed by atoms with Crippen LogP contribution in [0.25, 0.3) is 0 Å². The smallest absolute Gasteiger partial charge is 0.169 e. The predicted molar refractivity (Wildman–Crippen MR) is 98.2 cm³/mol. The minimum Gasteiger partial charge on any atom is -0.372 e. The maximum absolute atomic E-state index is 4.69. The first kappa shape index (κ1) is 17.0. The lowest BCUT2D eigenvalue weighted by Gasteiger charge is -2.22. The van der Waals surface area contributed by atoms with Crippen molar-refractivity contribution in [1.29, 1.82) is 0 Å². The number of hydrogen-bond donors (Lipinski definition) is 0. The van der Waals surface area contributed by atoms with E-state index < -0.39 is 0 Å². The monoisotopic (exact) mass is 311 g/mol. The molecule has 122 valence electrons. The summed E-state index contributed by atoms with van der Waals surface area (Å²) in [6.45, 7) is 8.44. The Labute approximate surface area is 139 Å². The topological polar surface area (TPSA) is 22.7 Å². The Morgan fingerprint density at radius 1 is 0.957 bits per heavy atom. The van der Waals surface area contributed by atoms with Gasteiger partial charge in [0.15, 0.2) is 12.4 Å². The van der Waals surface area contributed by atoms with Gasteiger partial charge in [0, 0.05) is 43.5 Å². The molecule has 0 atom stereocenters. The van der Waals surface area contributed by atoms with E-state index in [9.17, 15) is 0 Å². The maximum atomic E-state index is 4.69. The molecular formula is C19H27N4+. The van der Waals surface area contributed by atoms with Gasteiger partial charge in [-0.15, -0.1) is 0 Å². The Balaban J connectivity index is 2.15. The van der Waals surface area contributed by atoms with E-state index >= 15 is 0 Å². The molecule has 23 heavy (non-hydrogen) atoms. The number of hydrazone groups is 1. The van der Waals surface area contributed by atoms with Gasteiger partial charge in [0.05, 0.1) is 11.4 Å². The Kier molecular flexibility index (Phi) is 5.74. The van der Waals surface area contributed by atoms with E-state index in [1.165, 1.54) is 5.69 Å². The molecule has 0 aliphatic heterocycles. The van der Waals surface area contributed by atoms with Crippen molar-refractivity contribution in [3.05, 3.63) is 54.4 Å². The highest BCUT2D eigenvalue weighted by Gasteiger charge is 2.05. The first-order valence-corrected chi connectivity index (χ1v) is 8.14. The van der Waals surface area contributed by atoms with Crippen molar-refractivity contribution >= 4 is 17.1 Å². The van der Waals surface area contributed by atoms with Crippen LogP contribution in [0.4, 0.5) is 11.4 Å². The maximum Gasteiger partial charge on any atom is 0.169 e. The number of pyridine rings is 1. The van der Waals surface area contributed by atoms with E-state index in [4.69, 9.17) is 0 Å². The van der Waals surface area contributed by atoms with Gasteiger partial charge in [-0.05, 0) is 45.0 Å². The van der Waals surface area contributed by atoms with Gasteiger partial charge in [-0.3, -0.25) is 5.01 Å². The molecule has 1 heterocycles. The van der Waals surface area contributed by atoms with Crippen LogP contribution in [0.5, 0.6) is 0 Å². The van der Waals surface area contributed by atoms with Crippen LogP contribution in [0.1, 0.15) is 26.3 Å². The Morgan fingerprint density at radius 3 is 2.00 bits per heavy atom. The van der Waals surface area contributed by atoms with E-state index in [-0.39, 0.29) is 0 Å². The first-order chi connectivity index (χ1) is 11.0. The Bertz CT molecular complexity index is 640. The van der Waals surface area contributed by atoms with Crippen LogP contribution in [0.2, 0.25) is 0 Å².